The first-order valence-corrected chi connectivity index (χ1v) is 9.16. The molecule has 6 nitrogen and oxygen atoms in total. The van der Waals surface area contributed by atoms with Crippen molar-refractivity contribution in [1.29, 1.82) is 0 Å². The fourth-order valence-corrected chi connectivity index (χ4v) is 2.57. The van der Waals surface area contributed by atoms with Gasteiger partial charge in [0, 0.05) is 4.47 Å². The molecule has 0 unspecified atom stereocenters. The van der Waals surface area contributed by atoms with Crippen molar-refractivity contribution in [3.63, 3.8) is 0 Å². The highest BCUT2D eigenvalue weighted by Crippen LogP contribution is 2.27. The van der Waals surface area contributed by atoms with Crippen LogP contribution >= 0.6 is 15.9 Å². The molecule has 0 radical (unpaired) electrons. The summed E-state index contributed by atoms with van der Waals surface area (Å²) < 4.78 is 17.1. The quantitative estimate of drug-likeness (QED) is 0.336. The Morgan fingerprint density at radius 2 is 1.75 bits per heavy atom. The Hall–Kier alpha value is -3.06. The molecule has 0 saturated heterocycles. The van der Waals surface area contributed by atoms with Gasteiger partial charge in [-0.25, -0.2) is 5.43 Å². The Balaban J connectivity index is 2.10. The maximum absolute atomic E-state index is 12.5. The van der Waals surface area contributed by atoms with Gasteiger partial charge >= 0.3 is 0 Å². The highest BCUT2D eigenvalue weighted by atomic mass is 79.9. The zero-order chi connectivity index (χ0) is 20.4. The van der Waals surface area contributed by atoms with E-state index in [-0.39, 0.29) is 0 Å². The molecule has 2 aromatic carbocycles. The maximum atomic E-state index is 12.5. The van der Waals surface area contributed by atoms with E-state index in [2.05, 4.69) is 39.6 Å². The number of hydrazone groups is 1. The lowest BCUT2D eigenvalue weighted by Crippen LogP contribution is -2.19. The van der Waals surface area contributed by atoms with Crippen molar-refractivity contribution in [3.8, 4) is 17.2 Å². The number of carbonyl (C=O) groups excluding carboxylic acids is 1. The van der Waals surface area contributed by atoms with E-state index in [1.54, 1.807) is 55.7 Å². The maximum Gasteiger partial charge on any atom is 0.275 e. The third-order valence-corrected chi connectivity index (χ3v) is 3.96. The third-order valence-electron chi connectivity index (χ3n) is 3.47. The van der Waals surface area contributed by atoms with E-state index in [1.807, 2.05) is 0 Å². The fraction of sp³-hybridized carbons (Fsp3) is 0.143. The van der Waals surface area contributed by atoms with Gasteiger partial charge in [-0.15, -0.1) is 0 Å². The molecule has 0 aromatic heterocycles. The molecule has 0 bridgehead atoms. The summed E-state index contributed by atoms with van der Waals surface area (Å²) in [6.07, 6.45) is 4.77. The van der Waals surface area contributed by atoms with Crippen LogP contribution in [0.15, 0.2) is 71.3 Å². The summed E-state index contributed by atoms with van der Waals surface area (Å²) in [5.41, 5.74) is 3.59. The molecule has 1 N–H and O–H groups in total. The Bertz CT molecular complexity index is 881. The van der Waals surface area contributed by atoms with Gasteiger partial charge in [0.2, 0.25) is 0 Å². The van der Waals surface area contributed by atoms with Crippen molar-refractivity contribution in [3.05, 3.63) is 77.3 Å². The van der Waals surface area contributed by atoms with Crippen LogP contribution in [0.5, 0.6) is 17.2 Å². The minimum atomic E-state index is -0.394. The Labute approximate surface area is 172 Å². The molecular formula is C21H21BrN2O4. The lowest BCUT2D eigenvalue weighted by atomic mass is 10.2. The van der Waals surface area contributed by atoms with E-state index in [9.17, 15) is 4.79 Å². The van der Waals surface area contributed by atoms with Gasteiger partial charge in [0.25, 0.3) is 5.91 Å². The van der Waals surface area contributed by atoms with E-state index >= 15 is 0 Å². The summed E-state index contributed by atoms with van der Waals surface area (Å²) in [6.45, 7) is 7.89. The number of methoxy groups -OCH3 is 1. The van der Waals surface area contributed by atoms with Gasteiger partial charge in [-0.05, 0) is 42.0 Å². The van der Waals surface area contributed by atoms with E-state index in [0.29, 0.717) is 36.0 Å². The second kappa shape index (κ2) is 10.9. The van der Waals surface area contributed by atoms with E-state index in [0.717, 1.165) is 10.0 Å². The van der Waals surface area contributed by atoms with Gasteiger partial charge in [0.1, 0.15) is 19.0 Å². The summed E-state index contributed by atoms with van der Waals surface area (Å²) in [5.74, 6) is 1.21. The molecule has 146 valence electrons. The predicted octanol–water partition coefficient (Wildman–Crippen LogP) is 4.35. The number of benzene rings is 2. The molecule has 28 heavy (non-hydrogen) atoms. The normalized spacial score (nSPS) is 10.4. The third kappa shape index (κ3) is 5.99. The summed E-state index contributed by atoms with van der Waals surface area (Å²) in [7, 11) is 1.55. The largest absolute Gasteiger partial charge is 0.493 e. The van der Waals surface area contributed by atoms with Crippen molar-refractivity contribution >= 4 is 28.1 Å². The average molecular weight is 445 g/mol. The average Bonchev–Trinajstić information content (AvgIpc) is 2.71. The minimum absolute atomic E-state index is 0.297. The van der Waals surface area contributed by atoms with Gasteiger partial charge < -0.3 is 14.2 Å². The number of carbonyl (C=O) groups is 1. The lowest BCUT2D eigenvalue weighted by molar-refractivity contribution is 0.0951. The molecule has 0 aliphatic rings. The van der Waals surface area contributed by atoms with Crippen LogP contribution in [0.4, 0.5) is 0 Å². The van der Waals surface area contributed by atoms with Crippen molar-refractivity contribution < 1.29 is 19.0 Å². The fourth-order valence-electron chi connectivity index (χ4n) is 2.21. The minimum Gasteiger partial charge on any atom is -0.493 e. The molecular weight excluding hydrogens is 424 g/mol. The molecule has 0 atom stereocenters. The number of rotatable bonds is 10. The molecule has 0 aliphatic carbocycles. The molecule has 2 rings (SSSR count). The van der Waals surface area contributed by atoms with Crippen LogP contribution in [0.25, 0.3) is 0 Å². The Morgan fingerprint density at radius 3 is 2.43 bits per heavy atom. The number of ether oxygens (including phenoxy) is 3. The SMILES string of the molecule is C=CCOc1ccc(/C=N\NC(=O)c2cc(Br)ccc2OCC=C)cc1OC. The zero-order valence-electron chi connectivity index (χ0n) is 15.5. The van der Waals surface area contributed by atoms with E-state index < -0.39 is 5.91 Å². The first kappa shape index (κ1) is 21.2. The Morgan fingerprint density at radius 1 is 1.07 bits per heavy atom. The first-order chi connectivity index (χ1) is 13.6. The number of nitrogens with one attached hydrogen (secondary N) is 1. The van der Waals surface area contributed by atoms with Crippen LogP contribution in [0.1, 0.15) is 15.9 Å². The number of hydrogen-bond donors (Lipinski definition) is 1. The van der Waals surface area contributed by atoms with Crippen LogP contribution in [-0.4, -0.2) is 32.4 Å². The van der Waals surface area contributed by atoms with Crippen molar-refractivity contribution in [1.82, 2.24) is 5.43 Å². The monoisotopic (exact) mass is 444 g/mol. The predicted molar refractivity (Wildman–Crippen MR) is 114 cm³/mol. The molecule has 0 spiro atoms. The van der Waals surface area contributed by atoms with Crippen LogP contribution in [0, 0.1) is 0 Å². The van der Waals surface area contributed by atoms with E-state index in [4.69, 9.17) is 14.2 Å². The van der Waals surface area contributed by atoms with Crippen LogP contribution < -0.4 is 19.6 Å². The van der Waals surface area contributed by atoms with Gasteiger partial charge in [-0.2, -0.15) is 5.10 Å². The standard InChI is InChI=1S/C21H21BrN2O4/c1-4-10-27-18-9-7-16(22)13-17(18)21(25)24-23-14-15-6-8-19(28-11-5-2)20(12-15)26-3/h4-9,12-14H,1-2,10-11H2,3H3,(H,24,25)/b23-14-. The van der Waals surface area contributed by atoms with Crippen LogP contribution in [0.2, 0.25) is 0 Å². The highest BCUT2D eigenvalue weighted by molar-refractivity contribution is 9.10. The van der Waals surface area contributed by atoms with Crippen molar-refractivity contribution in [2.24, 2.45) is 5.10 Å². The summed E-state index contributed by atoms with van der Waals surface area (Å²) in [4.78, 5) is 12.5. The first-order valence-electron chi connectivity index (χ1n) is 8.37. The number of hydrogen-bond acceptors (Lipinski definition) is 5. The number of halogens is 1. The number of nitrogens with zero attached hydrogens (tertiary/aromatic N) is 1. The molecule has 0 aliphatic heterocycles. The van der Waals surface area contributed by atoms with Crippen molar-refractivity contribution in [2.75, 3.05) is 20.3 Å². The second-order valence-corrected chi connectivity index (χ2v) is 6.36. The van der Waals surface area contributed by atoms with Crippen LogP contribution in [0.3, 0.4) is 0 Å². The molecule has 7 heteroatoms. The summed E-state index contributed by atoms with van der Waals surface area (Å²) >= 11 is 3.35. The second-order valence-electron chi connectivity index (χ2n) is 5.45. The van der Waals surface area contributed by atoms with Crippen molar-refractivity contribution in [2.45, 2.75) is 0 Å². The van der Waals surface area contributed by atoms with E-state index in [1.165, 1.54) is 6.21 Å². The lowest BCUT2D eigenvalue weighted by Gasteiger charge is -2.10. The number of amides is 1. The van der Waals surface area contributed by atoms with Gasteiger partial charge in [0.15, 0.2) is 11.5 Å². The van der Waals surface area contributed by atoms with Gasteiger partial charge in [-0.1, -0.05) is 41.2 Å². The molecule has 2 aromatic rings. The molecule has 1 amide bonds. The smallest absolute Gasteiger partial charge is 0.275 e. The highest BCUT2D eigenvalue weighted by Gasteiger charge is 2.12. The summed E-state index contributed by atoms with van der Waals surface area (Å²) in [6, 6.07) is 10.5. The van der Waals surface area contributed by atoms with Gasteiger partial charge in [0.05, 0.1) is 18.9 Å². The topological polar surface area (TPSA) is 69.2 Å². The molecule has 0 heterocycles. The molecule has 0 saturated carbocycles. The zero-order valence-corrected chi connectivity index (χ0v) is 17.1. The van der Waals surface area contributed by atoms with Gasteiger partial charge in [-0.3, -0.25) is 4.79 Å². The van der Waals surface area contributed by atoms with Crippen LogP contribution in [-0.2, 0) is 0 Å². The molecule has 0 fully saturated rings. The summed E-state index contributed by atoms with van der Waals surface area (Å²) in [5, 5.41) is 4.01. The Kier molecular flexibility index (Phi) is 8.30.